The molecule has 0 aliphatic heterocycles. The van der Waals surface area contributed by atoms with Gasteiger partial charge in [0.25, 0.3) is 0 Å². The van der Waals surface area contributed by atoms with Gasteiger partial charge in [-0.1, -0.05) is 18.2 Å². The van der Waals surface area contributed by atoms with E-state index in [9.17, 15) is 9.90 Å². The maximum Gasteiger partial charge on any atom is 0.153 e. The molecule has 6 nitrogen and oxygen atoms in total. The molecule has 3 rings (SSSR count). The number of phenolic OH excluding ortho intramolecular Hbond substituents is 1. The zero-order chi connectivity index (χ0) is 17.5. The molecule has 3 aromatic rings. The van der Waals surface area contributed by atoms with E-state index in [2.05, 4.69) is 20.5 Å². The van der Waals surface area contributed by atoms with Gasteiger partial charge in [0.2, 0.25) is 0 Å². The van der Waals surface area contributed by atoms with Crippen molar-refractivity contribution < 1.29 is 9.90 Å². The zero-order valence-electron chi connectivity index (χ0n) is 13.1. The topological polar surface area (TPSA) is 86.7 Å². The van der Waals surface area contributed by atoms with E-state index in [0.29, 0.717) is 23.3 Å². The van der Waals surface area contributed by atoms with E-state index >= 15 is 0 Å². The van der Waals surface area contributed by atoms with E-state index in [0.717, 1.165) is 5.69 Å². The van der Waals surface area contributed by atoms with Gasteiger partial charge in [0.05, 0.1) is 28.3 Å². The second kappa shape index (κ2) is 7.74. The molecule has 0 aromatic heterocycles. The van der Waals surface area contributed by atoms with Crippen molar-refractivity contribution in [3.63, 3.8) is 0 Å². The molecule has 0 saturated carbocycles. The fraction of sp³-hybridized carbons (Fsp3) is 0. The lowest BCUT2D eigenvalue weighted by molar-refractivity contribution is 0.112. The molecule has 0 atom stereocenters. The van der Waals surface area contributed by atoms with E-state index in [1.165, 1.54) is 12.1 Å². The van der Waals surface area contributed by atoms with Crippen molar-refractivity contribution >= 4 is 29.0 Å². The number of nitrogens with zero attached hydrogens (tertiary/aromatic N) is 4. The minimum atomic E-state index is -0.0814. The largest absolute Gasteiger partial charge is 0.507 e. The summed E-state index contributed by atoms with van der Waals surface area (Å²) in [5.41, 5.74) is 2.78. The van der Waals surface area contributed by atoms with Crippen molar-refractivity contribution in [2.24, 2.45) is 20.5 Å². The molecule has 0 aliphatic rings. The summed E-state index contributed by atoms with van der Waals surface area (Å²) in [5.74, 6) is -0.0814. The summed E-state index contributed by atoms with van der Waals surface area (Å²) in [5, 5.41) is 25.9. The second-order valence-corrected chi connectivity index (χ2v) is 5.11. The highest BCUT2D eigenvalue weighted by Gasteiger charge is 2.00. The highest BCUT2D eigenvalue weighted by molar-refractivity contribution is 5.80. The molecule has 122 valence electrons. The molecule has 0 bridgehead atoms. The number of hydrogen-bond donors (Lipinski definition) is 1. The van der Waals surface area contributed by atoms with Gasteiger partial charge in [0.1, 0.15) is 5.75 Å². The molecule has 0 spiro atoms. The maximum absolute atomic E-state index is 10.8. The molecule has 25 heavy (non-hydrogen) atoms. The normalized spacial score (nSPS) is 11.2. The minimum Gasteiger partial charge on any atom is -0.507 e. The molecule has 0 saturated heterocycles. The third kappa shape index (κ3) is 4.42. The van der Waals surface area contributed by atoms with Gasteiger partial charge in [-0.3, -0.25) is 4.79 Å². The zero-order valence-corrected chi connectivity index (χ0v) is 13.1. The average molecular weight is 330 g/mol. The van der Waals surface area contributed by atoms with Crippen LogP contribution in [0.15, 0.2) is 93.3 Å². The first-order chi connectivity index (χ1) is 12.2. The van der Waals surface area contributed by atoms with Gasteiger partial charge in [0.15, 0.2) is 6.29 Å². The molecule has 0 heterocycles. The molecule has 0 unspecified atom stereocenters. The SMILES string of the molecule is O=Cc1cc(N=Nc2ccc(N=Nc3ccccc3)cc2)ccc1O. The summed E-state index contributed by atoms with van der Waals surface area (Å²) in [6.07, 6.45) is 0.570. The Morgan fingerprint density at radius 1 is 0.640 bits per heavy atom. The summed E-state index contributed by atoms with van der Waals surface area (Å²) < 4.78 is 0. The fourth-order valence-corrected chi connectivity index (χ4v) is 2.01. The van der Waals surface area contributed by atoms with Gasteiger partial charge in [-0.25, -0.2) is 0 Å². The van der Waals surface area contributed by atoms with Crippen LogP contribution in [0.2, 0.25) is 0 Å². The molecule has 0 radical (unpaired) electrons. The van der Waals surface area contributed by atoms with Crippen molar-refractivity contribution in [1.29, 1.82) is 0 Å². The van der Waals surface area contributed by atoms with Crippen molar-refractivity contribution in [3.05, 3.63) is 78.4 Å². The number of rotatable bonds is 5. The van der Waals surface area contributed by atoms with Crippen LogP contribution in [-0.2, 0) is 0 Å². The average Bonchev–Trinajstić information content (AvgIpc) is 2.67. The Bertz CT molecular complexity index is 920. The van der Waals surface area contributed by atoms with E-state index in [4.69, 9.17) is 0 Å². The van der Waals surface area contributed by atoms with Crippen LogP contribution in [0.25, 0.3) is 0 Å². The molecule has 0 fully saturated rings. The van der Waals surface area contributed by atoms with Crippen molar-refractivity contribution in [3.8, 4) is 5.75 Å². The predicted molar refractivity (Wildman–Crippen MR) is 94.7 cm³/mol. The summed E-state index contributed by atoms with van der Waals surface area (Å²) in [6, 6.07) is 21.0. The Kier molecular flexibility index (Phi) is 5.01. The van der Waals surface area contributed by atoms with Gasteiger partial charge in [0, 0.05) is 0 Å². The maximum atomic E-state index is 10.8. The molecular formula is C19H14N4O2. The van der Waals surface area contributed by atoms with Gasteiger partial charge >= 0.3 is 0 Å². The first kappa shape index (κ1) is 16.2. The van der Waals surface area contributed by atoms with Crippen molar-refractivity contribution in [2.75, 3.05) is 0 Å². The number of benzene rings is 3. The van der Waals surface area contributed by atoms with Crippen LogP contribution in [0, 0.1) is 0 Å². The second-order valence-electron chi connectivity index (χ2n) is 5.11. The lowest BCUT2D eigenvalue weighted by Gasteiger charge is -1.98. The van der Waals surface area contributed by atoms with Crippen LogP contribution in [-0.4, -0.2) is 11.4 Å². The van der Waals surface area contributed by atoms with E-state index in [-0.39, 0.29) is 11.3 Å². The Morgan fingerprint density at radius 3 is 1.68 bits per heavy atom. The van der Waals surface area contributed by atoms with Gasteiger partial charge in [-0.15, -0.1) is 0 Å². The summed E-state index contributed by atoms with van der Waals surface area (Å²) in [6.45, 7) is 0. The fourth-order valence-electron chi connectivity index (χ4n) is 2.01. The summed E-state index contributed by atoms with van der Waals surface area (Å²) >= 11 is 0. The quantitative estimate of drug-likeness (QED) is 0.457. The van der Waals surface area contributed by atoms with Crippen LogP contribution in [0.4, 0.5) is 22.7 Å². The molecule has 6 heteroatoms. The number of phenols is 1. The third-order valence-corrected chi connectivity index (χ3v) is 3.31. The van der Waals surface area contributed by atoms with Crippen molar-refractivity contribution in [1.82, 2.24) is 0 Å². The molecular weight excluding hydrogens is 316 g/mol. The third-order valence-electron chi connectivity index (χ3n) is 3.31. The number of aromatic hydroxyl groups is 1. The van der Waals surface area contributed by atoms with Gasteiger partial charge < -0.3 is 5.11 Å². The Hall–Kier alpha value is -3.67. The lowest BCUT2D eigenvalue weighted by Crippen LogP contribution is -1.79. The number of carbonyl (C=O) groups is 1. The molecule has 0 aliphatic carbocycles. The number of carbonyl (C=O) groups excluding carboxylic acids is 1. The number of azo groups is 2. The van der Waals surface area contributed by atoms with Gasteiger partial charge in [-0.05, 0) is 54.6 Å². The Balaban J connectivity index is 1.70. The van der Waals surface area contributed by atoms with Crippen LogP contribution in [0.5, 0.6) is 5.75 Å². The lowest BCUT2D eigenvalue weighted by atomic mass is 10.2. The standard InChI is InChI=1S/C19H14N4O2/c24-13-14-12-18(10-11-19(14)25)23-22-17-8-6-16(7-9-17)21-20-15-4-2-1-3-5-15/h1-13,25H. The number of hydrogen-bond acceptors (Lipinski definition) is 6. The van der Waals surface area contributed by atoms with Crippen LogP contribution in [0.3, 0.4) is 0 Å². The smallest absolute Gasteiger partial charge is 0.153 e. The minimum absolute atomic E-state index is 0.0814. The van der Waals surface area contributed by atoms with Crippen LogP contribution >= 0.6 is 0 Å². The predicted octanol–water partition coefficient (Wildman–Crippen LogP) is 6.04. The summed E-state index contributed by atoms with van der Waals surface area (Å²) in [4.78, 5) is 10.8. The van der Waals surface area contributed by atoms with Gasteiger partial charge in [-0.2, -0.15) is 20.5 Å². The van der Waals surface area contributed by atoms with Crippen molar-refractivity contribution in [2.45, 2.75) is 0 Å². The van der Waals surface area contributed by atoms with Crippen LogP contribution < -0.4 is 0 Å². The Labute approximate surface area is 144 Å². The van der Waals surface area contributed by atoms with E-state index in [1.54, 1.807) is 30.3 Å². The molecule has 0 amide bonds. The van der Waals surface area contributed by atoms with Crippen LogP contribution in [0.1, 0.15) is 10.4 Å². The molecule has 1 N–H and O–H groups in total. The first-order valence-electron chi connectivity index (χ1n) is 7.51. The van der Waals surface area contributed by atoms with E-state index < -0.39 is 0 Å². The van der Waals surface area contributed by atoms with E-state index in [1.807, 2.05) is 30.3 Å². The molecule has 3 aromatic carbocycles. The Morgan fingerprint density at radius 2 is 1.12 bits per heavy atom. The highest BCUT2D eigenvalue weighted by atomic mass is 16.3. The monoisotopic (exact) mass is 330 g/mol. The first-order valence-corrected chi connectivity index (χ1v) is 7.51. The number of aldehydes is 1. The summed E-state index contributed by atoms with van der Waals surface area (Å²) in [7, 11) is 0. The highest BCUT2D eigenvalue weighted by Crippen LogP contribution is 2.25.